The molecule has 142 valence electrons. The molecule has 3 atom stereocenters. The van der Waals surface area contributed by atoms with Gasteiger partial charge in [-0.05, 0) is 39.0 Å². The number of rotatable bonds is 7. The second kappa shape index (κ2) is 9.75. The number of aliphatic imine (C=N–C) groups is 1. The predicted molar refractivity (Wildman–Crippen MR) is 109 cm³/mol. The predicted octanol–water partition coefficient (Wildman–Crippen LogP) is 3.57. The third kappa shape index (κ3) is 5.09. The van der Waals surface area contributed by atoms with E-state index in [0.29, 0.717) is 30.7 Å². The summed E-state index contributed by atoms with van der Waals surface area (Å²) in [5.74, 6) is 2.13. The zero-order valence-electron chi connectivity index (χ0n) is 15.5. The van der Waals surface area contributed by atoms with E-state index in [-0.39, 0.29) is 24.0 Å². The minimum Gasteiger partial charge on any atom is -0.373 e. The maximum absolute atomic E-state index is 5.91. The van der Waals surface area contributed by atoms with Crippen molar-refractivity contribution in [3.05, 3.63) is 17.5 Å². The number of hydrogen-bond donors (Lipinski definition) is 2. The van der Waals surface area contributed by atoms with Crippen LogP contribution in [-0.2, 0) is 11.3 Å². The highest BCUT2D eigenvalue weighted by atomic mass is 127. The number of guanidine groups is 1. The molecule has 6 nitrogen and oxygen atoms in total. The molecular weight excluding hydrogens is 431 g/mol. The maximum Gasteiger partial charge on any atom is 0.192 e. The lowest BCUT2D eigenvalue weighted by Crippen LogP contribution is -2.47. The van der Waals surface area contributed by atoms with Gasteiger partial charge in [-0.2, -0.15) is 0 Å². The highest BCUT2D eigenvalue weighted by Crippen LogP contribution is 2.34. The summed E-state index contributed by atoms with van der Waals surface area (Å²) in [5.41, 5.74) is 1.05. The van der Waals surface area contributed by atoms with Crippen LogP contribution in [0.15, 0.2) is 15.6 Å². The largest absolute Gasteiger partial charge is 0.373 e. The maximum atomic E-state index is 5.91. The van der Waals surface area contributed by atoms with Gasteiger partial charge in [0.25, 0.3) is 0 Å². The van der Waals surface area contributed by atoms with E-state index in [4.69, 9.17) is 9.26 Å². The van der Waals surface area contributed by atoms with Crippen LogP contribution >= 0.6 is 24.0 Å². The average molecular weight is 462 g/mol. The van der Waals surface area contributed by atoms with Gasteiger partial charge in [0.2, 0.25) is 0 Å². The highest BCUT2D eigenvalue weighted by Gasteiger charge is 2.41. The Morgan fingerprint density at radius 3 is 2.72 bits per heavy atom. The van der Waals surface area contributed by atoms with Gasteiger partial charge in [-0.1, -0.05) is 19.0 Å². The second-order valence-electron chi connectivity index (χ2n) is 6.79. The Hall–Kier alpha value is -0.830. The Labute approximate surface area is 167 Å². The summed E-state index contributed by atoms with van der Waals surface area (Å²) >= 11 is 0. The van der Waals surface area contributed by atoms with Crippen LogP contribution in [0.2, 0.25) is 0 Å². The minimum absolute atomic E-state index is 0. The third-order valence-electron chi connectivity index (χ3n) is 5.15. The number of ether oxygens (including phenoxy) is 1. The molecule has 0 aromatic carbocycles. The average Bonchev–Trinajstić information content (AvgIpc) is 3.31. The number of aromatic nitrogens is 1. The van der Waals surface area contributed by atoms with Crippen LogP contribution in [0.25, 0.3) is 0 Å². The Morgan fingerprint density at radius 1 is 1.32 bits per heavy atom. The normalized spacial score (nSPS) is 25.3. The highest BCUT2D eigenvalue weighted by molar-refractivity contribution is 14.0. The summed E-state index contributed by atoms with van der Waals surface area (Å²) < 4.78 is 11.4. The summed E-state index contributed by atoms with van der Waals surface area (Å²) in [6, 6.07) is 2.42. The smallest absolute Gasteiger partial charge is 0.192 e. The van der Waals surface area contributed by atoms with Crippen molar-refractivity contribution in [1.29, 1.82) is 0 Å². The van der Waals surface area contributed by atoms with Crippen molar-refractivity contribution in [1.82, 2.24) is 15.8 Å². The molecule has 1 aromatic rings. The summed E-state index contributed by atoms with van der Waals surface area (Å²) in [6.07, 6.45) is 6.38. The molecule has 0 aliphatic carbocycles. The summed E-state index contributed by atoms with van der Waals surface area (Å²) in [7, 11) is 0. The lowest BCUT2D eigenvalue weighted by Gasteiger charge is -2.22. The topological polar surface area (TPSA) is 71.7 Å². The van der Waals surface area contributed by atoms with Gasteiger partial charge in [0, 0.05) is 18.5 Å². The lowest BCUT2D eigenvalue weighted by molar-refractivity contribution is 0.0992. The zero-order chi connectivity index (χ0) is 16.9. The van der Waals surface area contributed by atoms with Crippen LogP contribution < -0.4 is 10.6 Å². The first-order valence-corrected chi connectivity index (χ1v) is 9.39. The number of hydrogen-bond acceptors (Lipinski definition) is 4. The van der Waals surface area contributed by atoms with Gasteiger partial charge >= 0.3 is 0 Å². The summed E-state index contributed by atoms with van der Waals surface area (Å²) in [4.78, 5) is 4.66. The van der Waals surface area contributed by atoms with E-state index in [1.165, 1.54) is 6.42 Å². The van der Waals surface area contributed by atoms with E-state index in [1.807, 2.05) is 6.07 Å². The zero-order valence-corrected chi connectivity index (χ0v) is 17.8. The van der Waals surface area contributed by atoms with Crippen LogP contribution in [0.3, 0.4) is 0 Å². The van der Waals surface area contributed by atoms with Gasteiger partial charge in [0.05, 0.1) is 23.9 Å². The molecule has 2 fully saturated rings. The second-order valence-corrected chi connectivity index (χ2v) is 6.79. The molecule has 3 unspecified atom stereocenters. The number of fused-ring (bicyclic) bond motifs is 2. The standard InChI is InChI=1S/C18H30N4O2.HI/c1-4-12(5-2)15-10-14(24-22-15)11-20-18(19-6-3)21-16-9-13-7-8-17(16)23-13;/h10,12-13,16-17H,4-9,11H2,1-3H3,(H2,19,20,21);1H. The van der Waals surface area contributed by atoms with E-state index in [9.17, 15) is 0 Å². The molecule has 1 aromatic heterocycles. The van der Waals surface area contributed by atoms with Crippen LogP contribution in [0, 0.1) is 0 Å². The number of halogens is 1. The molecule has 3 heterocycles. The molecule has 2 N–H and O–H groups in total. The third-order valence-corrected chi connectivity index (χ3v) is 5.15. The molecule has 25 heavy (non-hydrogen) atoms. The van der Waals surface area contributed by atoms with Gasteiger partial charge < -0.3 is 19.9 Å². The monoisotopic (exact) mass is 462 g/mol. The molecule has 7 heteroatoms. The van der Waals surface area contributed by atoms with Crippen LogP contribution in [0.4, 0.5) is 0 Å². The van der Waals surface area contributed by atoms with Crippen molar-refractivity contribution in [2.75, 3.05) is 6.54 Å². The van der Waals surface area contributed by atoms with Crippen LogP contribution in [-0.4, -0.2) is 35.9 Å². The van der Waals surface area contributed by atoms with Gasteiger partial charge in [-0.15, -0.1) is 24.0 Å². The number of nitrogens with one attached hydrogen (secondary N) is 2. The molecule has 0 radical (unpaired) electrons. The number of nitrogens with zero attached hydrogens (tertiary/aromatic N) is 2. The van der Waals surface area contributed by atoms with Crippen molar-refractivity contribution in [3.8, 4) is 0 Å². The fraction of sp³-hybridized carbons (Fsp3) is 0.778. The molecule has 2 aliphatic rings. The Balaban J connectivity index is 0.00000225. The fourth-order valence-electron chi connectivity index (χ4n) is 3.75. The van der Waals surface area contributed by atoms with E-state index >= 15 is 0 Å². The quantitative estimate of drug-likeness (QED) is 0.368. The molecule has 0 spiro atoms. The van der Waals surface area contributed by atoms with Crippen LogP contribution in [0.5, 0.6) is 0 Å². The van der Waals surface area contributed by atoms with Crippen LogP contribution in [0.1, 0.15) is 70.2 Å². The van der Waals surface area contributed by atoms with Crippen molar-refractivity contribution in [2.24, 2.45) is 4.99 Å². The first-order chi connectivity index (χ1) is 11.7. The van der Waals surface area contributed by atoms with Gasteiger partial charge in [-0.25, -0.2) is 4.99 Å². The Bertz CT molecular complexity index is 559. The molecule has 2 saturated heterocycles. The van der Waals surface area contributed by atoms with E-state index in [2.05, 4.69) is 41.6 Å². The SMILES string of the molecule is CCNC(=NCc1cc(C(CC)CC)no1)NC1CC2CCC1O2.I. The lowest BCUT2D eigenvalue weighted by atomic mass is 9.96. The molecule has 0 saturated carbocycles. The minimum atomic E-state index is 0. The molecule has 2 aliphatic heterocycles. The first kappa shape index (κ1) is 20.5. The van der Waals surface area contributed by atoms with E-state index < -0.39 is 0 Å². The summed E-state index contributed by atoms with van der Waals surface area (Å²) in [5, 5.41) is 11.0. The first-order valence-electron chi connectivity index (χ1n) is 9.39. The fourth-order valence-corrected chi connectivity index (χ4v) is 3.75. The van der Waals surface area contributed by atoms with Gasteiger partial charge in [0.15, 0.2) is 11.7 Å². The summed E-state index contributed by atoms with van der Waals surface area (Å²) in [6.45, 7) is 7.79. The molecule has 3 rings (SSSR count). The van der Waals surface area contributed by atoms with E-state index in [1.54, 1.807) is 0 Å². The van der Waals surface area contributed by atoms with Crippen molar-refractivity contribution in [3.63, 3.8) is 0 Å². The Morgan fingerprint density at radius 2 is 2.12 bits per heavy atom. The van der Waals surface area contributed by atoms with E-state index in [0.717, 1.165) is 49.6 Å². The van der Waals surface area contributed by atoms with Gasteiger partial charge in [0.1, 0.15) is 6.54 Å². The van der Waals surface area contributed by atoms with Crippen molar-refractivity contribution < 1.29 is 9.26 Å². The molecular formula is C18H31IN4O2. The van der Waals surface area contributed by atoms with Crippen molar-refractivity contribution in [2.45, 2.75) is 83.6 Å². The van der Waals surface area contributed by atoms with Gasteiger partial charge in [-0.3, -0.25) is 0 Å². The Kier molecular flexibility index (Phi) is 7.99. The molecule has 0 amide bonds. The molecule has 2 bridgehead atoms. The van der Waals surface area contributed by atoms with Crippen molar-refractivity contribution >= 4 is 29.9 Å².